The van der Waals surface area contributed by atoms with Crippen LogP contribution in [0.3, 0.4) is 0 Å². The lowest BCUT2D eigenvalue weighted by atomic mass is 10.1. The highest BCUT2D eigenvalue weighted by Gasteiger charge is 2.33. The van der Waals surface area contributed by atoms with Crippen LogP contribution in [0.25, 0.3) is 0 Å². The van der Waals surface area contributed by atoms with Crippen LogP contribution in [0, 0.1) is 12.7 Å². The van der Waals surface area contributed by atoms with E-state index in [9.17, 15) is 19.1 Å². The topological polar surface area (TPSA) is 85.3 Å². The fourth-order valence-electron chi connectivity index (χ4n) is 2.19. The molecule has 0 radical (unpaired) electrons. The van der Waals surface area contributed by atoms with Crippen LogP contribution in [-0.4, -0.2) is 44.6 Å². The third kappa shape index (κ3) is 3.11. The number of anilines is 1. The molecule has 0 aromatic heterocycles. The van der Waals surface area contributed by atoms with Crippen molar-refractivity contribution in [2.45, 2.75) is 6.92 Å². The Kier molecular flexibility index (Phi) is 4.85. The third-order valence-electron chi connectivity index (χ3n) is 3.39. The molecule has 1 aromatic rings. The van der Waals surface area contributed by atoms with Gasteiger partial charge < -0.3 is 24.2 Å². The molecule has 1 heterocycles. The van der Waals surface area contributed by atoms with Crippen LogP contribution in [0.4, 0.5) is 10.1 Å². The van der Waals surface area contributed by atoms with Crippen LogP contribution < -0.4 is 4.90 Å². The van der Waals surface area contributed by atoms with E-state index >= 15 is 0 Å². The summed E-state index contributed by atoms with van der Waals surface area (Å²) in [6.07, 6.45) is 0. The summed E-state index contributed by atoms with van der Waals surface area (Å²) in [5.74, 6) is -2.47. The molecule has 0 saturated heterocycles. The minimum atomic E-state index is -0.840. The Morgan fingerprint density at radius 1 is 1.26 bits per heavy atom. The lowest BCUT2D eigenvalue weighted by Gasteiger charge is -2.31. The number of aromatic hydroxyl groups is 1. The number of rotatable bonds is 3. The zero-order chi connectivity index (χ0) is 17.1. The van der Waals surface area contributed by atoms with Gasteiger partial charge in [-0.2, -0.15) is 0 Å². The Labute approximate surface area is 131 Å². The second-order valence-corrected chi connectivity index (χ2v) is 4.81. The number of benzene rings is 1. The molecule has 0 atom stereocenters. The second kappa shape index (κ2) is 6.66. The van der Waals surface area contributed by atoms with Crippen LogP contribution >= 0.6 is 0 Å². The summed E-state index contributed by atoms with van der Waals surface area (Å²) in [6, 6.07) is 2.27. The summed E-state index contributed by atoms with van der Waals surface area (Å²) >= 11 is 0. The monoisotopic (exact) mass is 325 g/mol. The van der Waals surface area contributed by atoms with E-state index in [1.807, 2.05) is 0 Å². The van der Waals surface area contributed by atoms with Crippen molar-refractivity contribution in [3.8, 4) is 5.75 Å². The normalized spacial score (nSPS) is 14.7. The zero-order valence-corrected chi connectivity index (χ0v) is 12.9. The van der Waals surface area contributed by atoms with Crippen LogP contribution in [0.5, 0.6) is 5.75 Å². The first kappa shape index (κ1) is 16.8. The van der Waals surface area contributed by atoms with Crippen molar-refractivity contribution < 1.29 is 33.3 Å². The molecule has 1 aliphatic heterocycles. The maximum atomic E-state index is 14.3. The lowest BCUT2D eigenvalue weighted by Crippen LogP contribution is -2.39. The summed E-state index contributed by atoms with van der Waals surface area (Å²) in [4.78, 5) is 25.0. The molecule has 0 bridgehead atoms. The largest absolute Gasteiger partial charge is 0.508 e. The van der Waals surface area contributed by atoms with E-state index in [1.165, 1.54) is 6.92 Å². The fourth-order valence-corrected chi connectivity index (χ4v) is 2.19. The molecule has 23 heavy (non-hydrogen) atoms. The summed E-state index contributed by atoms with van der Waals surface area (Å²) in [5, 5.41) is 9.80. The maximum absolute atomic E-state index is 14.3. The van der Waals surface area contributed by atoms with Crippen molar-refractivity contribution >= 4 is 17.6 Å². The van der Waals surface area contributed by atoms with Crippen LogP contribution in [0.2, 0.25) is 0 Å². The standard InChI is InChI=1S/C15H16FNO6/c1-8-4-10(16)11(5-12(8)18)17-7-23-6-9(14(19)21-2)13(17)15(20)22-3/h4-5,18H,6-7H2,1-3H3. The van der Waals surface area contributed by atoms with Crippen molar-refractivity contribution in [1.29, 1.82) is 0 Å². The van der Waals surface area contributed by atoms with Gasteiger partial charge in [0.05, 0.1) is 32.1 Å². The van der Waals surface area contributed by atoms with Gasteiger partial charge in [-0.3, -0.25) is 0 Å². The number of hydrogen-bond acceptors (Lipinski definition) is 7. The number of ether oxygens (including phenoxy) is 3. The number of hydrogen-bond donors (Lipinski definition) is 1. The molecule has 1 aliphatic rings. The molecule has 124 valence electrons. The number of halogens is 1. The first-order valence-electron chi connectivity index (χ1n) is 6.64. The molecular formula is C15H16FNO6. The van der Waals surface area contributed by atoms with Gasteiger partial charge in [0, 0.05) is 6.07 Å². The molecule has 0 amide bonds. The van der Waals surface area contributed by atoms with Crippen molar-refractivity contribution in [2.24, 2.45) is 0 Å². The Hall–Kier alpha value is -2.61. The SMILES string of the molecule is COC(=O)C1=C(C(=O)OC)N(c2cc(O)c(C)cc2F)COC1. The molecule has 2 rings (SSSR count). The molecule has 0 unspecified atom stereocenters. The van der Waals surface area contributed by atoms with Crippen molar-refractivity contribution in [3.63, 3.8) is 0 Å². The van der Waals surface area contributed by atoms with E-state index in [-0.39, 0.29) is 36.0 Å². The molecule has 1 N–H and O–H groups in total. The number of esters is 2. The molecule has 0 saturated carbocycles. The number of phenols is 1. The van der Waals surface area contributed by atoms with Crippen molar-refractivity contribution in [3.05, 3.63) is 34.8 Å². The number of methoxy groups -OCH3 is 2. The summed E-state index contributed by atoms with van der Waals surface area (Å²) < 4.78 is 28.8. The van der Waals surface area contributed by atoms with Gasteiger partial charge in [0.2, 0.25) is 0 Å². The molecule has 0 spiro atoms. The number of carbonyl (C=O) groups excluding carboxylic acids is 2. The van der Waals surface area contributed by atoms with E-state index in [0.29, 0.717) is 5.56 Å². The molecule has 8 heteroatoms. The van der Waals surface area contributed by atoms with E-state index in [1.54, 1.807) is 0 Å². The Morgan fingerprint density at radius 3 is 2.52 bits per heavy atom. The van der Waals surface area contributed by atoms with Gasteiger partial charge in [-0.15, -0.1) is 0 Å². The Morgan fingerprint density at radius 2 is 1.91 bits per heavy atom. The van der Waals surface area contributed by atoms with Crippen molar-refractivity contribution in [1.82, 2.24) is 0 Å². The fraction of sp³-hybridized carbons (Fsp3) is 0.333. The summed E-state index contributed by atoms with van der Waals surface area (Å²) in [5.41, 5.74) is -0.0617. The molecule has 0 fully saturated rings. The van der Waals surface area contributed by atoms with Gasteiger partial charge in [0.1, 0.15) is 24.0 Å². The summed E-state index contributed by atoms with van der Waals surface area (Å²) in [6.45, 7) is 1.17. The molecule has 0 aliphatic carbocycles. The Balaban J connectivity index is 2.62. The van der Waals surface area contributed by atoms with Crippen LogP contribution in [0.1, 0.15) is 5.56 Å². The molecule has 7 nitrogen and oxygen atoms in total. The predicted molar refractivity (Wildman–Crippen MR) is 77.2 cm³/mol. The minimum Gasteiger partial charge on any atom is -0.508 e. The van der Waals surface area contributed by atoms with Gasteiger partial charge >= 0.3 is 11.9 Å². The first-order valence-corrected chi connectivity index (χ1v) is 6.64. The number of carbonyl (C=O) groups is 2. The lowest BCUT2D eigenvalue weighted by molar-refractivity contribution is -0.140. The highest BCUT2D eigenvalue weighted by molar-refractivity contribution is 6.03. The zero-order valence-electron chi connectivity index (χ0n) is 12.9. The maximum Gasteiger partial charge on any atom is 0.355 e. The van der Waals surface area contributed by atoms with Gasteiger partial charge in [0.25, 0.3) is 0 Å². The van der Waals surface area contributed by atoms with E-state index in [2.05, 4.69) is 9.47 Å². The molecule has 1 aromatic carbocycles. The average molecular weight is 325 g/mol. The van der Waals surface area contributed by atoms with E-state index < -0.39 is 17.8 Å². The van der Waals surface area contributed by atoms with Crippen LogP contribution in [-0.2, 0) is 23.8 Å². The van der Waals surface area contributed by atoms with E-state index in [0.717, 1.165) is 31.3 Å². The van der Waals surface area contributed by atoms with E-state index in [4.69, 9.17) is 4.74 Å². The summed E-state index contributed by atoms with van der Waals surface area (Å²) in [7, 11) is 2.29. The van der Waals surface area contributed by atoms with Gasteiger partial charge in [0.15, 0.2) is 0 Å². The first-order chi connectivity index (χ1) is 10.9. The number of aryl methyl sites for hydroxylation is 1. The minimum absolute atomic E-state index is 0.0925. The average Bonchev–Trinajstić information content (AvgIpc) is 2.56. The van der Waals surface area contributed by atoms with Gasteiger partial charge in [-0.05, 0) is 18.6 Å². The highest BCUT2D eigenvalue weighted by atomic mass is 19.1. The Bertz CT molecular complexity index is 685. The van der Waals surface area contributed by atoms with Crippen molar-refractivity contribution in [2.75, 3.05) is 32.5 Å². The van der Waals surface area contributed by atoms with Crippen LogP contribution in [0.15, 0.2) is 23.4 Å². The quantitative estimate of drug-likeness (QED) is 0.837. The highest BCUT2D eigenvalue weighted by Crippen LogP contribution is 2.32. The third-order valence-corrected chi connectivity index (χ3v) is 3.39. The second-order valence-electron chi connectivity index (χ2n) is 4.81. The number of phenolic OH excluding ortho intramolecular Hbond substituents is 1. The number of nitrogens with zero attached hydrogens (tertiary/aromatic N) is 1. The van der Waals surface area contributed by atoms with Gasteiger partial charge in [-0.25, -0.2) is 14.0 Å². The predicted octanol–water partition coefficient (Wildman–Crippen LogP) is 1.23. The smallest absolute Gasteiger partial charge is 0.355 e. The molecular weight excluding hydrogens is 309 g/mol. The van der Waals surface area contributed by atoms with Gasteiger partial charge in [-0.1, -0.05) is 0 Å².